The molecule has 0 aliphatic rings. The summed E-state index contributed by atoms with van der Waals surface area (Å²) in [4.78, 5) is 12.7. The van der Waals surface area contributed by atoms with Gasteiger partial charge in [-0.3, -0.25) is 4.79 Å². The molecule has 0 fully saturated rings. The predicted octanol–water partition coefficient (Wildman–Crippen LogP) is 7.87. The molecular weight excluding hydrogens is 468 g/mol. The van der Waals surface area contributed by atoms with Crippen molar-refractivity contribution in [2.75, 3.05) is 0 Å². The van der Waals surface area contributed by atoms with Crippen molar-refractivity contribution >= 4 is 11.0 Å². The quantitative estimate of drug-likeness (QED) is 0.174. The maximum absolute atomic E-state index is 12.7. The molecule has 1 heterocycles. The highest BCUT2D eigenvalue weighted by Crippen LogP contribution is 2.41. The fourth-order valence-electron chi connectivity index (χ4n) is 4.95. The number of rotatable bonds is 13. The molecule has 0 amide bonds. The maximum Gasteiger partial charge on any atom is 0.235 e. The molecule has 0 bridgehead atoms. The Labute approximate surface area is 219 Å². The number of benzene rings is 2. The van der Waals surface area contributed by atoms with Crippen molar-refractivity contribution in [3.63, 3.8) is 0 Å². The van der Waals surface area contributed by atoms with Crippen molar-refractivity contribution in [2.24, 2.45) is 17.8 Å². The highest BCUT2D eigenvalue weighted by atomic mass is 16.4. The predicted molar refractivity (Wildman–Crippen MR) is 148 cm³/mol. The van der Waals surface area contributed by atoms with Gasteiger partial charge in [-0.05, 0) is 60.4 Å². The van der Waals surface area contributed by atoms with Gasteiger partial charge >= 0.3 is 0 Å². The van der Waals surface area contributed by atoms with Crippen LogP contribution in [0.15, 0.2) is 39.5 Å². The van der Waals surface area contributed by atoms with Crippen LogP contribution in [0, 0.1) is 17.8 Å². The van der Waals surface area contributed by atoms with Gasteiger partial charge in [0.2, 0.25) is 11.2 Å². The summed E-state index contributed by atoms with van der Waals surface area (Å²) in [6.45, 7) is 9.28. The van der Waals surface area contributed by atoms with Crippen LogP contribution in [0.4, 0.5) is 0 Å². The van der Waals surface area contributed by atoms with Crippen LogP contribution in [0.1, 0.15) is 84.6 Å². The Morgan fingerprint density at radius 3 is 1.89 bits per heavy atom. The summed E-state index contributed by atoms with van der Waals surface area (Å²) >= 11 is 0. The van der Waals surface area contributed by atoms with E-state index in [0.29, 0.717) is 11.5 Å². The van der Waals surface area contributed by atoms with Crippen molar-refractivity contribution in [1.29, 1.82) is 0 Å². The standard InChI is InChI=1S/C31H42O6/c1-19(2)8-5-9-20(3)10-6-11-21(4)12-7-13-22-14-15-24-27(16-22)37-31(30(36)28(24)34)23-17-25(32)29(35)26(33)18-23/h14-21,32-33,35-36H,5-13H2,1-4H3. The van der Waals surface area contributed by atoms with Crippen molar-refractivity contribution in [1.82, 2.24) is 0 Å². The molecule has 6 heteroatoms. The fraction of sp³-hybridized carbons (Fsp3) is 0.516. The Bertz CT molecular complexity index is 1220. The number of phenols is 3. The van der Waals surface area contributed by atoms with E-state index < -0.39 is 28.4 Å². The molecule has 0 saturated heterocycles. The van der Waals surface area contributed by atoms with Gasteiger partial charge in [0, 0.05) is 5.56 Å². The molecule has 6 nitrogen and oxygen atoms in total. The molecule has 0 aliphatic carbocycles. The lowest BCUT2D eigenvalue weighted by atomic mass is 9.91. The van der Waals surface area contributed by atoms with E-state index in [4.69, 9.17) is 4.42 Å². The Morgan fingerprint density at radius 2 is 1.30 bits per heavy atom. The molecule has 3 aromatic rings. The summed E-state index contributed by atoms with van der Waals surface area (Å²) in [6, 6.07) is 7.60. The molecule has 202 valence electrons. The summed E-state index contributed by atoms with van der Waals surface area (Å²) in [5.41, 5.74) is 0.844. The van der Waals surface area contributed by atoms with E-state index in [0.717, 1.165) is 48.8 Å². The largest absolute Gasteiger partial charge is 0.504 e. The third-order valence-corrected chi connectivity index (χ3v) is 7.30. The minimum absolute atomic E-state index is 0.0813. The van der Waals surface area contributed by atoms with Crippen molar-refractivity contribution in [2.45, 2.75) is 85.5 Å². The van der Waals surface area contributed by atoms with Crippen LogP contribution in [0.2, 0.25) is 0 Å². The second-order valence-corrected chi connectivity index (χ2v) is 11.2. The highest BCUT2D eigenvalue weighted by Gasteiger charge is 2.19. The van der Waals surface area contributed by atoms with E-state index in [2.05, 4.69) is 27.7 Å². The van der Waals surface area contributed by atoms with E-state index in [-0.39, 0.29) is 16.7 Å². The third kappa shape index (κ3) is 7.67. The Morgan fingerprint density at radius 1 is 0.730 bits per heavy atom. The SMILES string of the molecule is CC(C)CCCC(C)CCCC(C)CCCc1ccc2c(=O)c(O)c(-c3cc(O)c(O)c(O)c3)oc2c1. The molecule has 37 heavy (non-hydrogen) atoms. The molecule has 0 radical (unpaired) electrons. The second kappa shape index (κ2) is 12.9. The average Bonchev–Trinajstić information content (AvgIpc) is 2.84. The number of aryl methyl sites for hydroxylation is 1. The van der Waals surface area contributed by atoms with E-state index in [1.807, 2.05) is 12.1 Å². The summed E-state index contributed by atoms with van der Waals surface area (Å²) in [5, 5.41) is 39.9. The minimum Gasteiger partial charge on any atom is -0.504 e. The molecule has 2 aromatic carbocycles. The van der Waals surface area contributed by atoms with E-state index in [9.17, 15) is 25.2 Å². The van der Waals surface area contributed by atoms with Crippen LogP contribution in [0.3, 0.4) is 0 Å². The minimum atomic E-state index is -0.681. The molecule has 2 atom stereocenters. The number of hydrogen-bond acceptors (Lipinski definition) is 6. The molecule has 0 saturated carbocycles. The van der Waals surface area contributed by atoms with Crippen LogP contribution < -0.4 is 5.43 Å². The topological polar surface area (TPSA) is 111 Å². The lowest BCUT2D eigenvalue weighted by molar-refractivity contribution is 0.368. The normalized spacial score (nSPS) is 13.3. The first-order valence-electron chi connectivity index (χ1n) is 13.6. The van der Waals surface area contributed by atoms with Crippen molar-refractivity contribution in [3.8, 4) is 34.3 Å². The van der Waals surface area contributed by atoms with Gasteiger partial charge in [-0.15, -0.1) is 0 Å². The van der Waals surface area contributed by atoms with Crippen LogP contribution in [0.5, 0.6) is 23.0 Å². The first-order chi connectivity index (χ1) is 17.6. The first-order valence-corrected chi connectivity index (χ1v) is 13.6. The number of phenolic OH excluding ortho intramolecular Hbond substituents is 3. The second-order valence-electron chi connectivity index (χ2n) is 11.2. The smallest absolute Gasteiger partial charge is 0.235 e. The lowest BCUT2D eigenvalue weighted by Crippen LogP contribution is -2.03. The van der Waals surface area contributed by atoms with Crippen LogP contribution in [0.25, 0.3) is 22.3 Å². The molecule has 0 spiro atoms. The van der Waals surface area contributed by atoms with E-state index in [1.54, 1.807) is 6.07 Å². The zero-order valence-electron chi connectivity index (χ0n) is 22.6. The molecule has 4 N–H and O–H groups in total. The van der Waals surface area contributed by atoms with Crippen LogP contribution in [-0.4, -0.2) is 20.4 Å². The molecule has 2 unspecified atom stereocenters. The van der Waals surface area contributed by atoms with Gasteiger partial charge in [0.15, 0.2) is 23.0 Å². The number of fused-ring (bicyclic) bond motifs is 1. The van der Waals surface area contributed by atoms with Gasteiger partial charge in [-0.25, -0.2) is 0 Å². The van der Waals surface area contributed by atoms with Crippen LogP contribution >= 0.6 is 0 Å². The molecular formula is C31H42O6. The summed E-state index contributed by atoms with van der Waals surface area (Å²) in [7, 11) is 0. The summed E-state index contributed by atoms with van der Waals surface area (Å²) in [5.74, 6) is -0.375. The van der Waals surface area contributed by atoms with E-state index >= 15 is 0 Å². The van der Waals surface area contributed by atoms with Gasteiger partial charge in [0.25, 0.3) is 0 Å². The Kier molecular flexibility index (Phi) is 9.90. The summed E-state index contributed by atoms with van der Waals surface area (Å²) in [6.07, 6.45) is 10.8. The van der Waals surface area contributed by atoms with Gasteiger partial charge in [0.1, 0.15) is 5.58 Å². The van der Waals surface area contributed by atoms with Gasteiger partial charge in [-0.2, -0.15) is 0 Å². The average molecular weight is 511 g/mol. The maximum atomic E-state index is 12.7. The van der Waals surface area contributed by atoms with Crippen molar-refractivity contribution in [3.05, 3.63) is 46.1 Å². The lowest BCUT2D eigenvalue weighted by Gasteiger charge is -2.15. The van der Waals surface area contributed by atoms with E-state index in [1.165, 1.54) is 38.5 Å². The van der Waals surface area contributed by atoms with Gasteiger partial charge < -0.3 is 24.8 Å². The fourth-order valence-corrected chi connectivity index (χ4v) is 4.95. The molecule has 3 rings (SSSR count). The number of hydrogen-bond donors (Lipinski definition) is 4. The first kappa shape index (κ1) is 28.4. The van der Waals surface area contributed by atoms with Gasteiger partial charge in [-0.1, -0.05) is 78.7 Å². The van der Waals surface area contributed by atoms with Crippen LogP contribution in [-0.2, 0) is 6.42 Å². The molecule has 1 aromatic heterocycles. The van der Waals surface area contributed by atoms with Gasteiger partial charge in [0.05, 0.1) is 5.39 Å². The summed E-state index contributed by atoms with van der Waals surface area (Å²) < 4.78 is 5.84. The highest BCUT2D eigenvalue weighted by molar-refractivity contribution is 5.83. The Balaban J connectivity index is 1.59. The zero-order valence-corrected chi connectivity index (χ0v) is 22.6. The van der Waals surface area contributed by atoms with Crippen molar-refractivity contribution < 1.29 is 24.8 Å². The monoisotopic (exact) mass is 510 g/mol. The third-order valence-electron chi connectivity index (χ3n) is 7.30. The number of aromatic hydroxyl groups is 4. The molecule has 0 aliphatic heterocycles. The Hall–Kier alpha value is -3.15. The zero-order chi connectivity index (χ0) is 27.1.